The summed E-state index contributed by atoms with van der Waals surface area (Å²) < 4.78 is 1.00. The van der Waals surface area contributed by atoms with E-state index in [2.05, 4.69) is 56.9 Å². The third-order valence-electron chi connectivity index (χ3n) is 2.37. The predicted octanol–water partition coefficient (Wildman–Crippen LogP) is 2.93. The number of hydrogen-bond donors (Lipinski definition) is 1. The molecule has 0 bridgehead atoms. The fourth-order valence-corrected chi connectivity index (χ4v) is 2.18. The van der Waals surface area contributed by atoms with Crippen LogP contribution in [0.5, 0.6) is 0 Å². The van der Waals surface area contributed by atoms with Gasteiger partial charge in [-0.2, -0.15) is 0 Å². The lowest BCUT2D eigenvalue weighted by atomic mass is 10.1. The molecule has 0 saturated carbocycles. The average molecular weight is 315 g/mol. The minimum atomic E-state index is 0.581. The summed E-state index contributed by atoms with van der Waals surface area (Å²) in [5.41, 5.74) is 1.09. The van der Waals surface area contributed by atoms with Crippen LogP contribution in [0.1, 0.15) is 32.3 Å². The van der Waals surface area contributed by atoms with Gasteiger partial charge in [-0.3, -0.25) is 0 Å². The zero-order valence-corrected chi connectivity index (χ0v) is 13.5. The Morgan fingerprint density at radius 1 is 1.28 bits per heavy atom. The molecule has 5 heteroatoms. The van der Waals surface area contributed by atoms with Crippen LogP contribution in [0, 0.1) is 5.92 Å². The van der Waals surface area contributed by atoms with Crippen LogP contribution in [-0.2, 0) is 13.0 Å². The second kappa shape index (κ2) is 7.04. The fourth-order valence-electron chi connectivity index (χ4n) is 1.70. The van der Waals surface area contributed by atoms with Crippen LogP contribution in [0.25, 0.3) is 0 Å². The number of aromatic nitrogens is 2. The normalized spacial score (nSPS) is 11.3. The summed E-state index contributed by atoms with van der Waals surface area (Å²) in [6.07, 6.45) is 0.960. The van der Waals surface area contributed by atoms with Crippen LogP contribution in [0.15, 0.2) is 4.47 Å². The summed E-state index contributed by atoms with van der Waals surface area (Å²) in [5, 5.41) is 3.29. The number of nitrogens with one attached hydrogen (secondary N) is 1. The summed E-state index contributed by atoms with van der Waals surface area (Å²) in [7, 11) is 4.06. The SMILES string of the molecule is CCNc1nc(CN(C)C)nc(CC(C)C)c1Br. The monoisotopic (exact) mass is 314 g/mol. The molecule has 0 aliphatic rings. The average Bonchev–Trinajstić information content (AvgIpc) is 2.23. The highest BCUT2D eigenvalue weighted by atomic mass is 79.9. The van der Waals surface area contributed by atoms with Gasteiger partial charge in [0.25, 0.3) is 0 Å². The first kappa shape index (κ1) is 15.4. The molecule has 0 saturated heterocycles. The van der Waals surface area contributed by atoms with E-state index in [9.17, 15) is 0 Å². The van der Waals surface area contributed by atoms with Gasteiger partial charge in [-0.25, -0.2) is 9.97 Å². The Morgan fingerprint density at radius 2 is 1.94 bits per heavy atom. The Hall–Kier alpha value is -0.680. The van der Waals surface area contributed by atoms with Crippen molar-refractivity contribution in [2.24, 2.45) is 5.92 Å². The summed E-state index contributed by atoms with van der Waals surface area (Å²) in [6, 6.07) is 0. The molecule has 0 aliphatic heterocycles. The molecule has 1 N–H and O–H groups in total. The third kappa shape index (κ3) is 4.53. The molecule has 4 nitrogen and oxygen atoms in total. The molecule has 0 fully saturated rings. The third-order valence-corrected chi connectivity index (χ3v) is 3.20. The van der Waals surface area contributed by atoms with E-state index in [1.807, 2.05) is 14.1 Å². The van der Waals surface area contributed by atoms with Crippen molar-refractivity contribution in [2.75, 3.05) is 26.0 Å². The van der Waals surface area contributed by atoms with Gasteiger partial charge in [-0.15, -0.1) is 0 Å². The molecular weight excluding hydrogens is 292 g/mol. The maximum Gasteiger partial charge on any atom is 0.145 e. The quantitative estimate of drug-likeness (QED) is 0.876. The molecule has 0 aliphatic carbocycles. The molecule has 1 aromatic heterocycles. The van der Waals surface area contributed by atoms with Crippen molar-refractivity contribution in [3.8, 4) is 0 Å². The lowest BCUT2D eigenvalue weighted by Gasteiger charge is -2.15. The maximum absolute atomic E-state index is 4.66. The molecule has 0 radical (unpaired) electrons. The van der Waals surface area contributed by atoms with Gasteiger partial charge < -0.3 is 10.2 Å². The largest absolute Gasteiger partial charge is 0.369 e. The predicted molar refractivity (Wildman–Crippen MR) is 79.8 cm³/mol. The van der Waals surface area contributed by atoms with Crippen molar-refractivity contribution in [3.05, 3.63) is 16.0 Å². The zero-order chi connectivity index (χ0) is 13.7. The van der Waals surface area contributed by atoms with Crippen molar-refractivity contribution < 1.29 is 0 Å². The van der Waals surface area contributed by atoms with E-state index in [0.717, 1.165) is 41.3 Å². The molecule has 0 unspecified atom stereocenters. The molecule has 18 heavy (non-hydrogen) atoms. The maximum atomic E-state index is 4.66. The van der Waals surface area contributed by atoms with E-state index in [1.165, 1.54) is 0 Å². The fraction of sp³-hybridized carbons (Fsp3) is 0.692. The van der Waals surface area contributed by atoms with Crippen molar-refractivity contribution in [1.82, 2.24) is 14.9 Å². The summed E-state index contributed by atoms with van der Waals surface area (Å²) >= 11 is 3.61. The van der Waals surface area contributed by atoms with E-state index < -0.39 is 0 Å². The van der Waals surface area contributed by atoms with Crippen LogP contribution in [0.4, 0.5) is 5.82 Å². The second-order valence-corrected chi connectivity index (χ2v) is 5.91. The molecule has 0 atom stereocenters. The molecule has 1 heterocycles. The van der Waals surface area contributed by atoms with Crippen molar-refractivity contribution in [2.45, 2.75) is 33.7 Å². The Labute approximate surface area is 118 Å². The first-order valence-electron chi connectivity index (χ1n) is 6.37. The van der Waals surface area contributed by atoms with Gasteiger partial charge in [0.2, 0.25) is 0 Å². The standard InChI is InChI=1S/C13H23BrN4/c1-6-15-13-12(14)10(7-9(2)3)16-11(17-13)8-18(4)5/h9H,6-8H2,1-5H3,(H,15,16,17). The van der Waals surface area contributed by atoms with Crippen LogP contribution in [0.3, 0.4) is 0 Å². The number of halogens is 1. The zero-order valence-electron chi connectivity index (χ0n) is 11.9. The van der Waals surface area contributed by atoms with E-state index in [1.54, 1.807) is 0 Å². The van der Waals surface area contributed by atoms with E-state index in [0.29, 0.717) is 5.92 Å². The van der Waals surface area contributed by atoms with Crippen molar-refractivity contribution in [3.63, 3.8) is 0 Å². The van der Waals surface area contributed by atoms with Gasteiger partial charge in [0, 0.05) is 6.54 Å². The van der Waals surface area contributed by atoms with E-state index >= 15 is 0 Å². The van der Waals surface area contributed by atoms with Gasteiger partial charge in [-0.1, -0.05) is 13.8 Å². The number of rotatable bonds is 6. The first-order valence-corrected chi connectivity index (χ1v) is 7.17. The minimum absolute atomic E-state index is 0.581. The minimum Gasteiger partial charge on any atom is -0.369 e. The molecule has 0 amide bonds. The second-order valence-electron chi connectivity index (χ2n) is 5.12. The van der Waals surface area contributed by atoms with Crippen LogP contribution in [-0.4, -0.2) is 35.5 Å². The molecular formula is C13H23BrN4. The first-order chi connectivity index (χ1) is 8.43. The van der Waals surface area contributed by atoms with Crippen LogP contribution >= 0.6 is 15.9 Å². The Balaban J connectivity index is 3.09. The highest BCUT2D eigenvalue weighted by Gasteiger charge is 2.13. The highest BCUT2D eigenvalue weighted by molar-refractivity contribution is 9.10. The summed E-state index contributed by atoms with van der Waals surface area (Å²) in [6.45, 7) is 8.09. The lowest BCUT2D eigenvalue weighted by Crippen LogP contribution is -2.16. The molecule has 0 aromatic carbocycles. The number of anilines is 1. The lowest BCUT2D eigenvalue weighted by molar-refractivity contribution is 0.389. The van der Waals surface area contributed by atoms with Crippen molar-refractivity contribution in [1.29, 1.82) is 0 Å². The van der Waals surface area contributed by atoms with Gasteiger partial charge >= 0.3 is 0 Å². The Morgan fingerprint density at radius 3 is 2.44 bits per heavy atom. The molecule has 1 aromatic rings. The molecule has 1 rings (SSSR count). The van der Waals surface area contributed by atoms with Crippen LogP contribution < -0.4 is 5.32 Å². The smallest absolute Gasteiger partial charge is 0.145 e. The van der Waals surface area contributed by atoms with Gasteiger partial charge in [0.05, 0.1) is 16.7 Å². The Bertz CT molecular complexity index is 391. The summed E-state index contributed by atoms with van der Waals surface area (Å²) in [4.78, 5) is 11.3. The van der Waals surface area contributed by atoms with Gasteiger partial charge in [0.15, 0.2) is 0 Å². The van der Waals surface area contributed by atoms with E-state index in [4.69, 9.17) is 0 Å². The highest BCUT2D eigenvalue weighted by Crippen LogP contribution is 2.25. The van der Waals surface area contributed by atoms with Crippen molar-refractivity contribution >= 4 is 21.7 Å². The molecule has 102 valence electrons. The number of hydrogen-bond acceptors (Lipinski definition) is 4. The van der Waals surface area contributed by atoms with Crippen LogP contribution in [0.2, 0.25) is 0 Å². The topological polar surface area (TPSA) is 41.1 Å². The molecule has 0 spiro atoms. The van der Waals surface area contributed by atoms with E-state index in [-0.39, 0.29) is 0 Å². The Kier molecular flexibility index (Phi) is 6.02. The van der Waals surface area contributed by atoms with Gasteiger partial charge in [-0.05, 0) is 49.3 Å². The van der Waals surface area contributed by atoms with Gasteiger partial charge in [0.1, 0.15) is 11.6 Å². The summed E-state index contributed by atoms with van der Waals surface area (Å²) in [5.74, 6) is 2.35. The number of nitrogens with zero attached hydrogens (tertiary/aromatic N) is 3.